The lowest BCUT2D eigenvalue weighted by atomic mass is 9.98. The van der Waals surface area contributed by atoms with Gasteiger partial charge in [0.25, 0.3) is 0 Å². The van der Waals surface area contributed by atoms with Crippen molar-refractivity contribution in [1.82, 2.24) is 10.1 Å². The molecule has 1 saturated carbocycles. The van der Waals surface area contributed by atoms with Crippen LogP contribution in [0.2, 0.25) is 0 Å². The normalized spacial score (nSPS) is 17.2. The third-order valence-electron chi connectivity index (χ3n) is 4.11. The maximum Gasteiger partial charge on any atom is 0.229 e. The average molecular weight is 290 g/mol. The minimum absolute atomic E-state index is 0.257. The molecule has 0 radical (unpaired) electrons. The Morgan fingerprint density at radius 1 is 1.24 bits per heavy atom. The van der Waals surface area contributed by atoms with Crippen molar-refractivity contribution in [3.63, 3.8) is 0 Å². The predicted octanol–water partition coefficient (Wildman–Crippen LogP) is 2.89. The number of hydrogen-bond donors (Lipinski definition) is 1. The van der Waals surface area contributed by atoms with E-state index >= 15 is 0 Å². The Bertz CT molecular complexity index is 576. The summed E-state index contributed by atoms with van der Waals surface area (Å²) in [4.78, 5) is 4.31. The van der Waals surface area contributed by atoms with Gasteiger partial charge in [0.15, 0.2) is 5.82 Å². The van der Waals surface area contributed by atoms with Crippen molar-refractivity contribution in [2.45, 2.75) is 44.6 Å². The zero-order valence-electron chi connectivity index (χ0n) is 11.8. The van der Waals surface area contributed by atoms with Gasteiger partial charge >= 0.3 is 0 Å². The largest absolute Gasteiger partial charge is 0.392 e. The van der Waals surface area contributed by atoms with Crippen molar-refractivity contribution in [3.8, 4) is 0 Å². The third kappa shape index (κ3) is 3.67. The number of aliphatic hydroxyl groups is 1. The van der Waals surface area contributed by atoms with Crippen LogP contribution >= 0.6 is 0 Å². The summed E-state index contributed by atoms with van der Waals surface area (Å²) in [6.07, 6.45) is 5.08. The molecule has 1 aliphatic carbocycles. The second-order valence-corrected chi connectivity index (χ2v) is 5.72. The van der Waals surface area contributed by atoms with Gasteiger partial charge in [0.1, 0.15) is 5.82 Å². The van der Waals surface area contributed by atoms with E-state index in [2.05, 4.69) is 10.1 Å². The maximum atomic E-state index is 12.8. The van der Waals surface area contributed by atoms with Crippen LogP contribution in [-0.2, 0) is 12.8 Å². The topological polar surface area (TPSA) is 59.2 Å². The van der Waals surface area contributed by atoms with Crippen LogP contribution in [0.5, 0.6) is 0 Å². The highest BCUT2D eigenvalue weighted by Gasteiger charge is 2.25. The number of halogens is 1. The van der Waals surface area contributed by atoms with Crippen LogP contribution in [0.25, 0.3) is 0 Å². The smallest absolute Gasteiger partial charge is 0.229 e. The SMILES string of the molecule is OC(Cc1nc(Cc2ccc(F)cc2)no1)C1CCCC1. The highest BCUT2D eigenvalue weighted by atomic mass is 19.1. The highest BCUT2D eigenvalue weighted by Crippen LogP contribution is 2.28. The molecular formula is C16H19FN2O2. The van der Waals surface area contributed by atoms with E-state index in [0.29, 0.717) is 30.5 Å². The molecule has 3 rings (SSSR count). The van der Waals surface area contributed by atoms with Gasteiger partial charge in [-0.1, -0.05) is 30.1 Å². The summed E-state index contributed by atoms with van der Waals surface area (Å²) in [5, 5.41) is 14.1. The average Bonchev–Trinajstić information content (AvgIpc) is 3.13. The minimum atomic E-state index is -0.397. The van der Waals surface area contributed by atoms with Crippen molar-refractivity contribution in [1.29, 1.82) is 0 Å². The van der Waals surface area contributed by atoms with Crippen molar-refractivity contribution in [2.24, 2.45) is 5.92 Å². The van der Waals surface area contributed by atoms with Gasteiger partial charge in [0.05, 0.1) is 12.5 Å². The van der Waals surface area contributed by atoms with Gasteiger partial charge in [-0.15, -0.1) is 0 Å². The molecule has 5 heteroatoms. The predicted molar refractivity (Wildman–Crippen MR) is 75.2 cm³/mol. The summed E-state index contributed by atoms with van der Waals surface area (Å²) in [5.74, 6) is 1.14. The fourth-order valence-electron chi connectivity index (χ4n) is 2.92. The summed E-state index contributed by atoms with van der Waals surface area (Å²) in [7, 11) is 0. The van der Waals surface area contributed by atoms with Crippen LogP contribution in [-0.4, -0.2) is 21.4 Å². The van der Waals surface area contributed by atoms with Gasteiger partial charge < -0.3 is 9.63 Å². The Labute approximate surface area is 123 Å². The Balaban J connectivity index is 1.59. The number of nitrogens with zero attached hydrogens (tertiary/aromatic N) is 2. The van der Waals surface area contributed by atoms with Crippen LogP contribution in [0.4, 0.5) is 4.39 Å². The second kappa shape index (κ2) is 6.35. The van der Waals surface area contributed by atoms with E-state index in [1.165, 1.54) is 25.0 Å². The van der Waals surface area contributed by atoms with E-state index in [9.17, 15) is 9.50 Å². The monoisotopic (exact) mass is 290 g/mol. The second-order valence-electron chi connectivity index (χ2n) is 5.72. The highest BCUT2D eigenvalue weighted by molar-refractivity contribution is 5.19. The molecule has 1 aromatic carbocycles. The fourth-order valence-corrected chi connectivity index (χ4v) is 2.92. The van der Waals surface area contributed by atoms with Gasteiger partial charge in [0, 0.05) is 6.42 Å². The Morgan fingerprint density at radius 2 is 1.95 bits per heavy atom. The van der Waals surface area contributed by atoms with Gasteiger partial charge in [-0.2, -0.15) is 4.98 Å². The Morgan fingerprint density at radius 3 is 2.67 bits per heavy atom. The van der Waals surface area contributed by atoms with Gasteiger partial charge in [-0.25, -0.2) is 4.39 Å². The van der Waals surface area contributed by atoms with E-state index in [-0.39, 0.29) is 5.82 Å². The fraction of sp³-hybridized carbons (Fsp3) is 0.500. The minimum Gasteiger partial charge on any atom is -0.392 e. The number of hydrogen-bond acceptors (Lipinski definition) is 4. The number of aliphatic hydroxyl groups excluding tert-OH is 1. The van der Waals surface area contributed by atoms with Gasteiger partial charge in [-0.05, 0) is 36.5 Å². The molecule has 4 nitrogen and oxygen atoms in total. The lowest BCUT2D eigenvalue weighted by molar-refractivity contribution is 0.102. The van der Waals surface area contributed by atoms with E-state index in [1.54, 1.807) is 12.1 Å². The molecule has 112 valence electrons. The summed E-state index contributed by atoms with van der Waals surface area (Å²) in [6, 6.07) is 6.25. The molecule has 2 aromatic rings. The molecule has 1 N–H and O–H groups in total. The van der Waals surface area contributed by atoms with E-state index < -0.39 is 6.10 Å². The quantitative estimate of drug-likeness (QED) is 0.920. The molecule has 1 aliphatic rings. The molecule has 1 atom stereocenters. The van der Waals surface area contributed by atoms with Crippen molar-refractivity contribution in [3.05, 3.63) is 47.4 Å². The van der Waals surface area contributed by atoms with Crippen LogP contribution in [0, 0.1) is 11.7 Å². The summed E-state index contributed by atoms with van der Waals surface area (Å²) in [5.41, 5.74) is 0.931. The Hall–Kier alpha value is -1.75. The van der Waals surface area contributed by atoms with E-state index in [1.807, 2.05) is 0 Å². The Kier molecular flexibility index (Phi) is 4.29. The zero-order valence-corrected chi connectivity index (χ0v) is 11.8. The molecule has 0 spiro atoms. The molecule has 1 unspecified atom stereocenters. The molecule has 0 bridgehead atoms. The first-order chi connectivity index (χ1) is 10.2. The van der Waals surface area contributed by atoms with Gasteiger partial charge in [0.2, 0.25) is 5.89 Å². The maximum absolute atomic E-state index is 12.8. The molecule has 21 heavy (non-hydrogen) atoms. The van der Waals surface area contributed by atoms with Crippen LogP contribution in [0.15, 0.2) is 28.8 Å². The first-order valence-electron chi connectivity index (χ1n) is 7.44. The van der Waals surface area contributed by atoms with Crippen LogP contribution in [0.1, 0.15) is 43.0 Å². The molecule has 0 saturated heterocycles. The summed E-state index contributed by atoms with van der Waals surface area (Å²) < 4.78 is 18.0. The first-order valence-corrected chi connectivity index (χ1v) is 7.44. The number of benzene rings is 1. The first kappa shape index (κ1) is 14.2. The zero-order chi connectivity index (χ0) is 14.7. The van der Waals surface area contributed by atoms with Crippen molar-refractivity contribution >= 4 is 0 Å². The number of rotatable bonds is 5. The lowest BCUT2D eigenvalue weighted by Crippen LogP contribution is -2.20. The van der Waals surface area contributed by atoms with Gasteiger partial charge in [-0.3, -0.25) is 0 Å². The molecule has 1 aromatic heterocycles. The standard InChI is InChI=1S/C16H19FN2O2/c17-13-7-5-11(6-8-13)9-15-18-16(21-19-15)10-14(20)12-3-1-2-4-12/h5-8,12,14,20H,1-4,9-10H2. The van der Waals surface area contributed by atoms with E-state index in [0.717, 1.165) is 18.4 Å². The lowest BCUT2D eigenvalue weighted by Gasteiger charge is -2.14. The molecule has 0 amide bonds. The molecule has 0 aliphatic heterocycles. The van der Waals surface area contributed by atoms with Crippen LogP contribution < -0.4 is 0 Å². The van der Waals surface area contributed by atoms with E-state index in [4.69, 9.17) is 4.52 Å². The van der Waals surface area contributed by atoms with Crippen molar-refractivity contribution in [2.75, 3.05) is 0 Å². The number of aromatic nitrogens is 2. The third-order valence-corrected chi connectivity index (χ3v) is 4.11. The van der Waals surface area contributed by atoms with Crippen molar-refractivity contribution < 1.29 is 14.0 Å². The molecule has 1 fully saturated rings. The molecule has 1 heterocycles. The summed E-state index contributed by atoms with van der Waals surface area (Å²) in [6.45, 7) is 0. The summed E-state index contributed by atoms with van der Waals surface area (Å²) >= 11 is 0. The molecular weight excluding hydrogens is 271 g/mol. The van der Waals surface area contributed by atoms with Crippen LogP contribution in [0.3, 0.4) is 0 Å².